The minimum atomic E-state index is -5.08. The van der Waals surface area contributed by atoms with E-state index in [1.807, 2.05) is 41.5 Å². The first-order valence-electron chi connectivity index (χ1n) is 21.9. The summed E-state index contributed by atoms with van der Waals surface area (Å²) in [6.07, 6.45) is -6.85. The zero-order valence-electron chi connectivity index (χ0n) is 39.8. The van der Waals surface area contributed by atoms with Crippen molar-refractivity contribution in [1.29, 1.82) is 0 Å². The zero-order valence-corrected chi connectivity index (χ0v) is 39.8. The van der Waals surface area contributed by atoms with Gasteiger partial charge in [0.15, 0.2) is 0 Å². The van der Waals surface area contributed by atoms with E-state index in [1.54, 1.807) is 13.8 Å². The van der Waals surface area contributed by atoms with Crippen molar-refractivity contribution in [2.45, 2.75) is 187 Å². The number of alkyl halides is 3. The van der Waals surface area contributed by atoms with Gasteiger partial charge in [0.05, 0.1) is 23.2 Å². The van der Waals surface area contributed by atoms with Crippen molar-refractivity contribution >= 4 is 60.5 Å². The van der Waals surface area contributed by atoms with Gasteiger partial charge in [-0.3, -0.25) is 38.4 Å². The number of aliphatic hydroxyl groups is 1. The molecule has 1 unspecified atom stereocenters. The predicted molar refractivity (Wildman–Crippen MR) is 234 cm³/mol. The van der Waals surface area contributed by atoms with Crippen LogP contribution in [-0.4, -0.2) is 147 Å². The Morgan fingerprint density at radius 1 is 0.597 bits per heavy atom. The van der Waals surface area contributed by atoms with Gasteiger partial charge in [0.2, 0.25) is 35.4 Å². The lowest BCUT2D eigenvalue weighted by Gasteiger charge is -2.32. The third-order valence-corrected chi connectivity index (χ3v) is 10.5. The van der Waals surface area contributed by atoms with Crippen LogP contribution in [0, 0.1) is 11.8 Å². The van der Waals surface area contributed by atoms with Gasteiger partial charge >= 0.3 is 31.2 Å². The second kappa shape index (κ2) is 28.3. The van der Waals surface area contributed by atoms with Crippen molar-refractivity contribution in [3.63, 3.8) is 0 Å². The molecule has 6 amide bonds. The minimum Gasteiger partial charge on any atom is -0.481 e. The first-order chi connectivity index (χ1) is 30.6. The monoisotopic (exact) mass is 970 g/mol. The highest BCUT2D eigenvalue weighted by Gasteiger charge is 2.54. The maximum atomic E-state index is 14.0. The number of aliphatic hydroxyl groups excluding tert-OH is 1. The summed E-state index contributed by atoms with van der Waals surface area (Å²) in [4.78, 5) is 112. The van der Waals surface area contributed by atoms with E-state index in [4.69, 9.17) is 24.9 Å². The fourth-order valence-corrected chi connectivity index (χ4v) is 6.32. The molecule has 1 fully saturated rings. The Labute approximate surface area is 388 Å². The minimum absolute atomic E-state index is 0.0380. The molecular formula is C41H71BF3N7O15. The number of amides is 6. The molecule has 0 spiro atoms. The summed E-state index contributed by atoms with van der Waals surface area (Å²) in [5.74, 6) is -10.9. The van der Waals surface area contributed by atoms with Crippen LogP contribution < -0.4 is 37.6 Å². The normalized spacial score (nSPS) is 17.2. The van der Waals surface area contributed by atoms with Crippen LogP contribution in [0.2, 0.25) is 0 Å². The van der Waals surface area contributed by atoms with Gasteiger partial charge in [-0.25, -0.2) is 4.79 Å². The van der Waals surface area contributed by atoms with Gasteiger partial charge in [-0.15, -0.1) is 0 Å². The highest BCUT2D eigenvalue weighted by molar-refractivity contribution is 6.48. The quantitative estimate of drug-likeness (QED) is 0.0395. The molecule has 1 rings (SSSR count). The average molecular weight is 970 g/mol. The standard InChI is InChI=1S/C39H70BN7O13.C2HF3O2/c1-21(2)19-28(46-34(55)26(14-16-30(50)51)45-37(58)32(23(5)48)42-24(6)49)36(57)43-25(13-11-12-18-41)33(54)44-27(15-17-31(52)53)35(56)47-29(20-22(3)4)40-59-38(7,8)39(9,10)60-40;3-2(4,5)1(6)7/h21-23,25-29,32,48H,11-20,41H2,1-10H3,(H,42,49)(H,43,57)(H,44,54)(H,45,58)(H,46,55)(H,47,56)(H,50,51)(H,52,53);(H,6,7)/t23-,25+,26+,27+,28+,29?,32+;/m1./s1. The molecule has 1 aliphatic rings. The molecule has 0 saturated carbocycles. The van der Waals surface area contributed by atoms with E-state index in [9.17, 15) is 66.8 Å². The van der Waals surface area contributed by atoms with Crippen LogP contribution in [0.5, 0.6) is 0 Å². The Kier molecular flexibility index (Phi) is 26.2. The van der Waals surface area contributed by atoms with Crippen LogP contribution in [-0.2, 0) is 52.5 Å². The van der Waals surface area contributed by atoms with Crippen LogP contribution >= 0.6 is 0 Å². The van der Waals surface area contributed by atoms with Crippen molar-refractivity contribution in [3.05, 3.63) is 0 Å². The van der Waals surface area contributed by atoms with Crippen molar-refractivity contribution in [3.8, 4) is 0 Å². The van der Waals surface area contributed by atoms with Crippen molar-refractivity contribution < 1.29 is 86.1 Å². The van der Waals surface area contributed by atoms with E-state index in [-0.39, 0.29) is 37.6 Å². The number of nitrogens with one attached hydrogen (secondary N) is 6. The second-order valence-electron chi connectivity index (χ2n) is 18.1. The van der Waals surface area contributed by atoms with Crippen LogP contribution in [0.4, 0.5) is 13.2 Å². The highest BCUT2D eigenvalue weighted by atomic mass is 19.4. The van der Waals surface area contributed by atoms with E-state index in [2.05, 4.69) is 31.9 Å². The topological polar surface area (TPSA) is 351 Å². The fraction of sp³-hybridized carbons (Fsp3) is 0.780. The Balaban J connectivity index is 0.00000572. The number of halogens is 3. The third kappa shape index (κ3) is 23.5. The molecule has 12 N–H and O–H groups in total. The first kappa shape index (κ1) is 61.9. The lowest BCUT2D eigenvalue weighted by Crippen LogP contribution is -2.60. The van der Waals surface area contributed by atoms with Gasteiger partial charge in [0, 0.05) is 19.8 Å². The number of unbranched alkanes of at least 4 members (excludes halogenated alkanes) is 1. The van der Waals surface area contributed by atoms with Gasteiger partial charge in [-0.05, 0) is 97.9 Å². The first-order valence-corrected chi connectivity index (χ1v) is 21.9. The van der Waals surface area contributed by atoms with E-state index in [1.165, 1.54) is 6.92 Å². The molecule has 7 atom stereocenters. The molecule has 0 aromatic heterocycles. The van der Waals surface area contributed by atoms with Gasteiger partial charge in [0.25, 0.3) is 0 Å². The third-order valence-electron chi connectivity index (χ3n) is 10.5. The maximum absolute atomic E-state index is 14.0. The molecular weight excluding hydrogens is 898 g/mol. The molecule has 0 aromatic carbocycles. The molecule has 1 saturated heterocycles. The summed E-state index contributed by atoms with van der Waals surface area (Å²) in [6, 6.07) is -6.93. The Hall–Kier alpha value is -5.08. The molecule has 1 aliphatic heterocycles. The zero-order chi connectivity index (χ0) is 52.2. The predicted octanol–water partition coefficient (Wildman–Crippen LogP) is 0.511. The smallest absolute Gasteiger partial charge is 0.481 e. The highest BCUT2D eigenvalue weighted by Crippen LogP contribution is 2.38. The number of aliphatic carboxylic acids is 3. The summed E-state index contributed by atoms with van der Waals surface area (Å²) in [6.45, 7) is 17.5. The number of hydrogen-bond acceptors (Lipinski definition) is 13. The number of carbonyl (C=O) groups excluding carboxylic acids is 6. The van der Waals surface area contributed by atoms with Crippen LogP contribution in [0.25, 0.3) is 0 Å². The largest absolute Gasteiger partial charge is 0.490 e. The SMILES string of the molecule is CC(=O)N[C@H](C(=O)N[C@@H](CCC(=O)O)C(=O)N[C@@H](CC(C)C)C(=O)N[C@@H](CCCCN)C(=O)N[C@@H](CCC(=O)O)C(=O)NC(CC(C)C)B1OC(C)(C)C(C)(C)O1)[C@@H](C)O.O=C(O)C(F)(F)F. The van der Waals surface area contributed by atoms with Crippen molar-refractivity contribution in [2.75, 3.05) is 6.54 Å². The summed E-state index contributed by atoms with van der Waals surface area (Å²) in [7, 11) is -0.845. The molecule has 1 heterocycles. The van der Waals surface area contributed by atoms with Crippen LogP contribution in [0.1, 0.15) is 127 Å². The Morgan fingerprint density at radius 2 is 0.970 bits per heavy atom. The molecule has 0 aromatic rings. The number of nitrogens with two attached hydrogens (primary N) is 1. The maximum Gasteiger partial charge on any atom is 0.490 e. The Bertz CT molecular complexity index is 1690. The number of carboxylic acids is 3. The van der Waals surface area contributed by atoms with Crippen LogP contribution in [0.3, 0.4) is 0 Å². The van der Waals surface area contributed by atoms with Crippen LogP contribution in [0.15, 0.2) is 0 Å². The van der Waals surface area contributed by atoms with Gasteiger partial charge < -0.3 is 67.4 Å². The lowest BCUT2D eigenvalue weighted by molar-refractivity contribution is -0.192. The van der Waals surface area contributed by atoms with E-state index < -0.39 is 139 Å². The number of rotatable bonds is 27. The molecule has 0 radical (unpaired) electrons. The number of hydrogen-bond donors (Lipinski definition) is 11. The Morgan fingerprint density at radius 3 is 1.33 bits per heavy atom. The second-order valence-corrected chi connectivity index (χ2v) is 18.1. The average Bonchev–Trinajstić information content (AvgIpc) is 3.40. The summed E-state index contributed by atoms with van der Waals surface area (Å²) in [5, 5.41) is 51.4. The van der Waals surface area contributed by atoms with E-state index >= 15 is 0 Å². The van der Waals surface area contributed by atoms with Gasteiger partial charge in [0.1, 0.15) is 30.2 Å². The number of carbonyl (C=O) groups is 9. The van der Waals surface area contributed by atoms with Gasteiger partial charge in [-0.1, -0.05) is 27.7 Å². The molecule has 384 valence electrons. The molecule has 67 heavy (non-hydrogen) atoms. The molecule has 0 aliphatic carbocycles. The van der Waals surface area contributed by atoms with Gasteiger partial charge in [-0.2, -0.15) is 13.2 Å². The van der Waals surface area contributed by atoms with E-state index in [0.717, 1.165) is 6.92 Å². The molecule has 26 heteroatoms. The number of carboxylic acid groups (broad SMARTS) is 3. The van der Waals surface area contributed by atoms with E-state index in [0.29, 0.717) is 19.3 Å². The summed E-state index contributed by atoms with van der Waals surface area (Å²) >= 11 is 0. The molecule has 0 bridgehead atoms. The van der Waals surface area contributed by atoms with Crippen molar-refractivity contribution in [1.82, 2.24) is 31.9 Å². The van der Waals surface area contributed by atoms with Crippen molar-refractivity contribution in [2.24, 2.45) is 17.6 Å². The summed E-state index contributed by atoms with van der Waals surface area (Å²) in [5.41, 5.74) is 4.29. The molecule has 22 nitrogen and oxygen atoms in total. The lowest BCUT2D eigenvalue weighted by atomic mass is 9.74. The summed E-state index contributed by atoms with van der Waals surface area (Å²) < 4.78 is 44.2. The fourth-order valence-electron chi connectivity index (χ4n) is 6.32.